The standard InChI is InChI=1S/C12H13N3O3/c1-13-11(16)6-10-14-12(18-15-10)8-5-7(8)9-3-2-4-17-9/h2-4,7-8H,5-6H2,1H3,(H,13,16). The molecule has 0 spiro atoms. The number of furan rings is 1. The second kappa shape index (κ2) is 4.29. The normalized spacial score (nSPS) is 21.8. The third kappa shape index (κ3) is 2.01. The van der Waals surface area contributed by atoms with E-state index in [1.807, 2.05) is 12.1 Å². The van der Waals surface area contributed by atoms with Crippen molar-refractivity contribution in [3.05, 3.63) is 35.9 Å². The molecule has 0 aliphatic heterocycles. The lowest BCUT2D eigenvalue weighted by Gasteiger charge is -1.92. The maximum absolute atomic E-state index is 11.2. The summed E-state index contributed by atoms with van der Waals surface area (Å²) in [6.45, 7) is 0. The third-order valence-corrected chi connectivity index (χ3v) is 3.10. The van der Waals surface area contributed by atoms with Gasteiger partial charge in [-0.25, -0.2) is 0 Å². The summed E-state index contributed by atoms with van der Waals surface area (Å²) < 4.78 is 10.5. The summed E-state index contributed by atoms with van der Waals surface area (Å²) >= 11 is 0. The van der Waals surface area contributed by atoms with Gasteiger partial charge in [-0.15, -0.1) is 0 Å². The Bertz CT molecular complexity index is 547. The highest BCUT2D eigenvalue weighted by molar-refractivity contribution is 5.77. The number of nitrogens with one attached hydrogen (secondary N) is 1. The molecule has 2 unspecified atom stereocenters. The molecule has 2 atom stereocenters. The number of likely N-dealkylation sites (N-methyl/N-ethyl adjacent to an activating group) is 1. The number of hydrogen-bond acceptors (Lipinski definition) is 5. The van der Waals surface area contributed by atoms with Crippen LogP contribution in [0.4, 0.5) is 0 Å². The Hall–Kier alpha value is -2.11. The van der Waals surface area contributed by atoms with Gasteiger partial charge in [0.25, 0.3) is 0 Å². The van der Waals surface area contributed by atoms with Gasteiger partial charge in [0.05, 0.1) is 12.7 Å². The molecule has 94 valence electrons. The SMILES string of the molecule is CNC(=O)Cc1noc(C2CC2c2ccco2)n1. The number of hydrogen-bond donors (Lipinski definition) is 1. The number of nitrogens with zero attached hydrogens (tertiary/aromatic N) is 2. The average molecular weight is 247 g/mol. The Balaban J connectivity index is 1.67. The molecule has 1 aliphatic rings. The second-order valence-corrected chi connectivity index (χ2v) is 4.36. The summed E-state index contributed by atoms with van der Waals surface area (Å²) in [7, 11) is 1.58. The van der Waals surface area contributed by atoms with Gasteiger partial charge in [0.15, 0.2) is 5.82 Å². The van der Waals surface area contributed by atoms with E-state index in [2.05, 4.69) is 15.5 Å². The molecule has 2 aromatic rings. The van der Waals surface area contributed by atoms with Gasteiger partial charge < -0.3 is 14.3 Å². The first-order valence-corrected chi connectivity index (χ1v) is 5.84. The van der Waals surface area contributed by atoms with Crippen LogP contribution >= 0.6 is 0 Å². The minimum atomic E-state index is -0.124. The zero-order chi connectivity index (χ0) is 12.5. The summed E-state index contributed by atoms with van der Waals surface area (Å²) in [5.41, 5.74) is 0. The lowest BCUT2D eigenvalue weighted by atomic mass is 10.2. The molecule has 2 heterocycles. The van der Waals surface area contributed by atoms with Gasteiger partial charge in [0.1, 0.15) is 5.76 Å². The summed E-state index contributed by atoms with van der Waals surface area (Å²) in [5, 5.41) is 6.33. The minimum absolute atomic E-state index is 0.124. The lowest BCUT2D eigenvalue weighted by Crippen LogP contribution is -2.20. The number of carbonyl (C=O) groups excluding carboxylic acids is 1. The van der Waals surface area contributed by atoms with Gasteiger partial charge in [-0.3, -0.25) is 4.79 Å². The molecule has 18 heavy (non-hydrogen) atoms. The largest absolute Gasteiger partial charge is 0.469 e. The monoisotopic (exact) mass is 247 g/mol. The molecule has 1 amide bonds. The molecule has 6 nitrogen and oxygen atoms in total. The van der Waals surface area contributed by atoms with Crippen molar-refractivity contribution < 1.29 is 13.7 Å². The summed E-state index contributed by atoms with van der Waals surface area (Å²) in [6, 6.07) is 3.82. The van der Waals surface area contributed by atoms with E-state index in [1.165, 1.54) is 0 Å². The van der Waals surface area contributed by atoms with Crippen LogP contribution in [-0.4, -0.2) is 23.1 Å². The molecule has 0 bridgehead atoms. The van der Waals surface area contributed by atoms with Gasteiger partial charge in [-0.2, -0.15) is 4.98 Å². The molecule has 3 rings (SSSR count). The number of amides is 1. The lowest BCUT2D eigenvalue weighted by molar-refractivity contribution is -0.120. The summed E-state index contributed by atoms with van der Waals surface area (Å²) in [4.78, 5) is 15.4. The first-order chi connectivity index (χ1) is 8.78. The van der Waals surface area contributed by atoms with Crippen LogP contribution in [0.1, 0.15) is 35.7 Å². The fourth-order valence-electron chi connectivity index (χ4n) is 2.01. The van der Waals surface area contributed by atoms with Crippen molar-refractivity contribution in [3.8, 4) is 0 Å². The molecule has 0 aromatic carbocycles. The Morgan fingerprint density at radius 1 is 1.56 bits per heavy atom. The van der Waals surface area contributed by atoms with Crippen molar-refractivity contribution in [1.82, 2.24) is 15.5 Å². The van der Waals surface area contributed by atoms with Crippen LogP contribution in [-0.2, 0) is 11.2 Å². The topological polar surface area (TPSA) is 81.2 Å². The van der Waals surface area contributed by atoms with E-state index < -0.39 is 0 Å². The average Bonchev–Trinajstić information content (AvgIpc) is 2.83. The molecule has 1 fully saturated rings. The first kappa shape index (κ1) is 11.0. The zero-order valence-corrected chi connectivity index (χ0v) is 9.92. The summed E-state index contributed by atoms with van der Waals surface area (Å²) in [5.74, 6) is 2.40. The van der Waals surface area contributed by atoms with E-state index in [1.54, 1.807) is 13.3 Å². The highest BCUT2D eigenvalue weighted by Gasteiger charge is 2.45. The molecule has 2 aromatic heterocycles. The van der Waals surface area contributed by atoms with E-state index in [9.17, 15) is 4.79 Å². The minimum Gasteiger partial charge on any atom is -0.469 e. The first-order valence-electron chi connectivity index (χ1n) is 5.84. The number of aromatic nitrogens is 2. The van der Waals surface area contributed by atoms with Crippen molar-refractivity contribution in [2.24, 2.45) is 0 Å². The van der Waals surface area contributed by atoms with Crippen molar-refractivity contribution in [2.45, 2.75) is 24.7 Å². The fourth-order valence-corrected chi connectivity index (χ4v) is 2.01. The third-order valence-electron chi connectivity index (χ3n) is 3.10. The fraction of sp³-hybridized carbons (Fsp3) is 0.417. The molecular formula is C12H13N3O3. The van der Waals surface area contributed by atoms with Gasteiger partial charge in [0, 0.05) is 18.9 Å². The highest BCUT2D eigenvalue weighted by Crippen LogP contribution is 2.54. The van der Waals surface area contributed by atoms with Crippen LogP contribution in [0.3, 0.4) is 0 Å². The Kier molecular flexibility index (Phi) is 2.62. The highest BCUT2D eigenvalue weighted by atomic mass is 16.5. The van der Waals surface area contributed by atoms with E-state index in [-0.39, 0.29) is 18.2 Å². The maximum atomic E-state index is 11.2. The van der Waals surface area contributed by atoms with E-state index in [4.69, 9.17) is 8.94 Å². The van der Waals surface area contributed by atoms with Crippen molar-refractivity contribution in [1.29, 1.82) is 0 Å². The van der Waals surface area contributed by atoms with Crippen LogP contribution in [0.2, 0.25) is 0 Å². The Labute approximate surface area is 103 Å². The molecule has 1 aliphatic carbocycles. The predicted molar refractivity (Wildman–Crippen MR) is 60.9 cm³/mol. The Morgan fingerprint density at radius 3 is 3.17 bits per heavy atom. The zero-order valence-electron chi connectivity index (χ0n) is 9.92. The van der Waals surface area contributed by atoms with Gasteiger partial charge >= 0.3 is 0 Å². The van der Waals surface area contributed by atoms with Gasteiger partial charge in [-0.05, 0) is 18.6 Å². The predicted octanol–water partition coefficient (Wildman–Crippen LogP) is 1.22. The molecule has 6 heteroatoms. The molecular weight excluding hydrogens is 234 g/mol. The molecule has 0 saturated heterocycles. The van der Waals surface area contributed by atoms with Gasteiger partial charge in [0.2, 0.25) is 11.8 Å². The molecule has 1 N–H and O–H groups in total. The van der Waals surface area contributed by atoms with E-state index in [0.29, 0.717) is 17.6 Å². The van der Waals surface area contributed by atoms with E-state index in [0.717, 1.165) is 12.2 Å². The van der Waals surface area contributed by atoms with Crippen LogP contribution in [0.15, 0.2) is 27.3 Å². The van der Waals surface area contributed by atoms with Crippen molar-refractivity contribution in [3.63, 3.8) is 0 Å². The number of rotatable bonds is 4. The number of carbonyl (C=O) groups is 1. The molecule has 0 radical (unpaired) electrons. The second-order valence-electron chi connectivity index (χ2n) is 4.36. The molecule has 1 saturated carbocycles. The smallest absolute Gasteiger partial charge is 0.230 e. The van der Waals surface area contributed by atoms with E-state index >= 15 is 0 Å². The van der Waals surface area contributed by atoms with Crippen molar-refractivity contribution in [2.75, 3.05) is 7.05 Å². The van der Waals surface area contributed by atoms with Crippen molar-refractivity contribution >= 4 is 5.91 Å². The quantitative estimate of drug-likeness (QED) is 0.878. The van der Waals surface area contributed by atoms with Crippen LogP contribution in [0, 0.1) is 0 Å². The summed E-state index contributed by atoms with van der Waals surface area (Å²) in [6.07, 6.45) is 2.77. The Morgan fingerprint density at radius 2 is 2.44 bits per heavy atom. The van der Waals surface area contributed by atoms with Crippen LogP contribution in [0.25, 0.3) is 0 Å². The van der Waals surface area contributed by atoms with Gasteiger partial charge in [-0.1, -0.05) is 5.16 Å². The maximum Gasteiger partial charge on any atom is 0.230 e. The van der Waals surface area contributed by atoms with Crippen LogP contribution in [0.5, 0.6) is 0 Å². The van der Waals surface area contributed by atoms with Crippen LogP contribution < -0.4 is 5.32 Å².